The van der Waals surface area contributed by atoms with E-state index in [1.54, 1.807) is 4.90 Å². The molecule has 1 aliphatic rings. The zero-order valence-corrected chi connectivity index (χ0v) is 9.48. The Morgan fingerprint density at radius 1 is 1.60 bits per heavy atom. The number of nitrogens with zero attached hydrogens (tertiary/aromatic N) is 2. The van der Waals surface area contributed by atoms with E-state index in [-0.39, 0.29) is 18.7 Å². The highest BCUT2D eigenvalue weighted by molar-refractivity contribution is 5.68. The molecular formula is C10H20N2O3. The predicted molar refractivity (Wildman–Crippen MR) is 56.7 cm³/mol. The largest absolute Gasteiger partial charge is 0.449 e. The van der Waals surface area contributed by atoms with Crippen molar-refractivity contribution in [1.82, 2.24) is 9.80 Å². The number of carbonyl (C=O) groups excluding carboxylic acids is 1. The van der Waals surface area contributed by atoms with Crippen molar-refractivity contribution in [3.63, 3.8) is 0 Å². The number of amides is 1. The molecule has 5 heteroatoms. The lowest BCUT2D eigenvalue weighted by atomic mass is 10.1. The second-order valence-corrected chi connectivity index (χ2v) is 4.09. The van der Waals surface area contributed by atoms with Crippen LogP contribution in [-0.2, 0) is 4.74 Å². The van der Waals surface area contributed by atoms with E-state index in [0.717, 1.165) is 19.4 Å². The van der Waals surface area contributed by atoms with Gasteiger partial charge < -0.3 is 19.6 Å². The summed E-state index contributed by atoms with van der Waals surface area (Å²) < 4.78 is 4.94. The summed E-state index contributed by atoms with van der Waals surface area (Å²) >= 11 is 0. The molecule has 0 spiro atoms. The molecule has 88 valence electrons. The summed E-state index contributed by atoms with van der Waals surface area (Å²) in [6.07, 6.45) is 1.34. The zero-order chi connectivity index (χ0) is 11.3. The molecule has 0 aliphatic carbocycles. The molecular weight excluding hydrogens is 196 g/mol. The van der Waals surface area contributed by atoms with Gasteiger partial charge >= 0.3 is 6.09 Å². The Morgan fingerprint density at radius 2 is 2.33 bits per heavy atom. The van der Waals surface area contributed by atoms with Crippen molar-refractivity contribution in [2.45, 2.75) is 18.9 Å². The molecule has 0 aromatic rings. The number of cyclic esters (lactones) is 1. The van der Waals surface area contributed by atoms with Crippen LogP contribution in [0.25, 0.3) is 0 Å². The first-order chi connectivity index (χ1) is 7.15. The van der Waals surface area contributed by atoms with E-state index in [4.69, 9.17) is 9.84 Å². The Hall–Kier alpha value is -0.810. The highest BCUT2D eigenvalue weighted by Gasteiger charge is 2.28. The maximum atomic E-state index is 11.4. The summed E-state index contributed by atoms with van der Waals surface area (Å²) in [6, 6.07) is -0.0617. The minimum absolute atomic E-state index is 0.0249. The lowest BCUT2D eigenvalue weighted by molar-refractivity contribution is 0.0241. The van der Waals surface area contributed by atoms with Crippen LogP contribution in [0.4, 0.5) is 4.79 Å². The van der Waals surface area contributed by atoms with E-state index in [1.165, 1.54) is 0 Å². The van der Waals surface area contributed by atoms with Crippen molar-refractivity contribution >= 4 is 6.09 Å². The van der Waals surface area contributed by atoms with E-state index < -0.39 is 0 Å². The first-order valence-electron chi connectivity index (χ1n) is 5.34. The molecule has 0 saturated carbocycles. The standard InChI is InChI=1S/C10H20N2O3/c1-11(2)5-3-6-12-9(8-13)4-7-15-10(12)14/h9,13H,3-8H2,1-2H3. The van der Waals surface area contributed by atoms with Crippen molar-refractivity contribution in [2.24, 2.45) is 0 Å². The fraction of sp³-hybridized carbons (Fsp3) is 0.900. The lowest BCUT2D eigenvalue weighted by Crippen LogP contribution is -2.48. The second-order valence-electron chi connectivity index (χ2n) is 4.09. The number of hydrogen-bond acceptors (Lipinski definition) is 4. The minimum Gasteiger partial charge on any atom is -0.449 e. The number of rotatable bonds is 5. The maximum absolute atomic E-state index is 11.4. The van der Waals surface area contributed by atoms with Crippen LogP contribution in [0.5, 0.6) is 0 Å². The van der Waals surface area contributed by atoms with Gasteiger partial charge in [0, 0.05) is 13.0 Å². The normalized spacial score (nSPS) is 22.0. The molecule has 1 rings (SSSR count). The Bertz CT molecular complexity index is 209. The molecule has 0 radical (unpaired) electrons. The third-order valence-corrected chi connectivity index (χ3v) is 2.57. The quantitative estimate of drug-likeness (QED) is 0.710. The molecule has 1 fully saturated rings. The van der Waals surface area contributed by atoms with Crippen LogP contribution < -0.4 is 0 Å². The van der Waals surface area contributed by atoms with Crippen molar-refractivity contribution in [1.29, 1.82) is 0 Å². The third-order valence-electron chi connectivity index (χ3n) is 2.57. The average molecular weight is 216 g/mol. The molecule has 1 amide bonds. The van der Waals surface area contributed by atoms with Gasteiger partial charge in [-0.2, -0.15) is 0 Å². The zero-order valence-electron chi connectivity index (χ0n) is 9.48. The van der Waals surface area contributed by atoms with Gasteiger partial charge in [-0.1, -0.05) is 0 Å². The van der Waals surface area contributed by atoms with Crippen LogP contribution in [0.2, 0.25) is 0 Å². The van der Waals surface area contributed by atoms with Crippen LogP contribution >= 0.6 is 0 Å². The number of carbonyl (C=O) groups is 1. The molecule has 1 saturated heterocycles. The molecule has 0 aromatic heterocycles. The van der Waals surface area contributed by atoms with Gasteiger partial charge in [0.05, 0.1) is 19.3 Å². The summed E-state index contributed by atoms with van der Waals surface area (Å²) in [4.78, 5) is 15.1. The van der Waals surface area contributed by atoms with E-state index in [0.29, 0.717) is 13.2 Å². The monoisotopic (exact) mass is 216 g/mol. The summed E-state index contributed by atoms with van der Waals surface area (Å²) in [5.41, 5.74) is 0. The Morgan fingerprint density at radius 3 is 2.93 bits per heavy atom. The van der Waals surface area contributed by atoms with Crippen molar-refractivity contribution in [3.8, 4) is 0 Å². The van der Waals surface area contributed by atoms with Crippen LogP contribution in [0.3, 0.4) is 0 Å². The third kappa shape index (κ3) is 3.68. The molecule has 1 unspecified atom stereocenters. The first kappa shape index (κ1) is 12.3. The Balaban J connectivity index is 2.37. The van der Waals surface area contributed by atoms with Gasteiger partial charge in [-0.05, 0) is 27.1 Å². The SMILES string of the molecule is CN(C)CCCN1C(=O)OCCC1CO. The van der Waals surface area contributed by atoms with Crippen LogP contribution in [0, 0.1) is 0 Å². The van der Waals surface area contributed by atoms with Crippen LogP contribution in [-0.4, -0.2) is 67.4 Å². The summed E-state index contributed by atoms with van der Waals surface area (Å²) in [5.74, 6) is 0. The summed E-state index contributed by atoms with van der Waals surface area (Å²) in [6.45, 7) is 2.04. The maximum Gasteiger partial charge on any atom is 0.410 e. The van der Waals surface area contributed by atoms with Crippen molar-refractivity contribution in [2.75, 3.05) is 40.4 Å². The van der Waals surface area contributed by atoms with E-state index >= 15 is 0 Å². The molecule has 1 N–H and O–H groups in total. The summed E-state index contributed by atoms with van der Waals surface area (Å²) in [5, 5.41) is 9.13. The second kappa shape index (κ2) is 5.92. The lowest BCUT2D eigenvalue weighted by Gasteiger charge is -2.34. The van der Waals surface area contributed by atoms with Crippen LogP contribution in [0.1, 0.15) is 12.8 Å². The van der Waals surface area contributed by atoms with Gasteiger partial charge in [0.2, 0.25) is 0 Å². The van der Waals surface area contributed by atoms with Crippen molar-refractivity contribution in [3.05, 3.63) is 0 Å². The van der Waals surface area contributed by atoms with Gasteiger partial charge in [-0.15, -0.1) is 0 Å². The summed E-state index contributed by atoms with van der Waals surface area (Å²) in [7, 11) is 4.00. The van der Waals surface area contributed by atoms with Crippen LogP contribution in [0.15, 0.2) is 0 Å². The van der Waals surface area contributed by atoms with E-state index in [9.17, 15) is 4.79 Å². The number of aliphatic hydroxyl groups excluding tert-OH is 1. The van der Waals surface area contributed by atoms with E-state index in [1.807, 2.05) is 14.1 Å². The number of hydrogen-bond donors (Lipinski definition) is 1. The highest BCUT2D eigenvalue weighted by atomic mass is 16.6. The molecule has 15 heavy (non-hydrogen) atoms. The molecule has 1 heterocycles. The smallest absolute Gasteiger partial charge is 0.410 e. The highest BCUT2D eigenvalue weighted by Crippen LogP contribution is 2.13. The average Bonchev–Trinajstić information content (AvgIpc) is 2.20. The van der Waals surface area contributed by atoms with E-state index in [2.05, 4.69) is 4.90 Å². The van der Waals surface area contributed by atoms with Gasteiger partial charge in [0.25, 0.3) is 0 Å². The Labute approximate surface area is 90.6 Å². The molecule has 1 atom stereocenters. The fourth-order valence-corrected chi connectivity index (χ4v) is 1.69. The van der Waals surface area contributed by atoms with Gasteiger partial charge in [-0.3, -0.25) is 0 Å². The topological polar surface area (TPSA) is 53.0 Å². The van der Waals surface area contributed by atoms with Gasteiger partial charge in [0.15, 0.2) is 0 Å². The van der Waals surface area contributed by atoms with Gasteiger partial charge in [0.1, 0.15) is 0 Å². The Kier molecular flexibility index (Phi) is 4.84. The van der Waals surface area contributed by atoms with Gasteiger partial charge in [-0.25, -0.2) is 4.79 Å². The number of aliphatic hydroxyl groups is 1. The minimum atomic E-state index is -0.293. The fourth-order valence-electron chi connectivity index (χ4n) is 1.69. The predicted octanol–water partition coefficient (Wildman–Crippen LogP) is 0.141. The molecule has 1 aliphatic heterocycles. The number of ether oxygens (including phenoxy) is 1. The molecule has 5 nitrogen and oxygen atoms in total. The van der Waals surface area contributed by atoms with Crippen molar-refractivity contribution < 1.29 is 14.6 Å². The first-order valence-corrected chi connectivity index (χ1v) is 5.34. The molecule has 0 bridgehead atoms. The molecule has 0 aromatic carbocycles.